The number of halogens is 3. The Balaban J connectivity index is 1.37. The van der Waals surface area contributed by atoms with Gasteiger partial charge in [0.1, 0.15) is 23.5 Å². The van der Waals surface area contributed by atoms with Crippen molar-refractivity contribution in [2.24, 2.45) is 0 Å². The van der Waals surface area contributed by atoms with Gasteiger partial charge in [0, 0.05) is 32.6 Å². The molecule has 3 aliphatic heterocycles. The molecule has 45 heavy (non-hydrogen) atoms. The van der Waals surface area contributed by atoms with E-state index in [0.717, 1.165) is 36.1 Å². The average molecular weight is 621 g/mol. The first-order valence-electron chi connectivity index (χ1n) is 15.9. The molecule has 0 aliphatic carbocycles. The molecular formula is C35H36F3N3O4. The third-order valence-electron chi connectivity index (χ3n) is 8.83. The van der Waals surface area contributed by atoms with Gasteiger partial charge in [-0.2, -0.15) is 0 Å². The molecule has 7 rings (SSSR count). The molecule has 0 radical (unpaired) electrons. The van der Waals surface area contributed by atoms with Gasteiger partial charge in [0.25, 0.3) is 0 Å². The van der Waals surface area contributed by atoms with Gasteiger partial charge in [-0.3, -0.25) is 0 Å². The highest BCUT2D eigenvalue weighted by molar-refractivity contribution is 5.58. The Morgan fingerprint density at radius 2 is 1.56 bits per heavy atom. The maximum absolute atomic E-state index is 14.2. The van der Waals surface area contributed by atoms with Gasteiger partial charge in [0.15, 0.2) is 29.0 Å². The Labute approximate surface area is 261 Å². The second-order valence-corrected chi connectivity index (χ2v) is 12.6. The van der Waals surface area contributed by atoms with Crippen LogP contribution in [-0.4, -0.2) is 51.0 Å². The van der Waals surface area contributed by atoms with Crippen LogP contribution in [0, 0.1) is 17.5 Å². The van der Waals surface area contributed by atoms with E-state index >= 15 is 0 Å². The first-order valence-corrected chi connectivity index (χ1v) is 15.3. The van der Waals surface area contributed by atoms with E-state index in [4.69, 9.17) is 18.9 Å². The molecule has 3 fully saturated rings. The molecule has 10 heteroatoms. The van der Waals surface area contributed by atoms with Crippen molar-refractivity contribution in [2.45, 2.75) is 87.8 Å². The number of benzene rings is 3. The van der Waals surface area contributed by atoms with Gasteiger partial charge in [-0.1, -0.05) is 65.9 Å². The highest BCUT2D eigenvalue weighted by Crippen LogP contribution is 2.52. The smallest absolute Gasteiger partial charge is 0.194 e. The number of hydrogen-bond acceptors (Lipinski definition) is 6. The fourth-order valence-electron chi connectivity index (χ4n) is 7.01. The predicted octanol–water partition coefficient (Wildman–Crippen LogP) is 6.96. The standard InChI is InChI=1S/C35H36F3N3O4/c1-33(2)43-31-29(41-22-28(39-40-41)25-17-26(36)30(38)27(37)18-25)21-35(15-9-10-16-42-35)44-32(31)34(45-33,19-23-11-5-3-6-12-23)20-24-13-7-4-8-14-24/h3-8,11-14,17-18,22,29,31-32H,9-10,15-16,19-21H2,1-2H3/t29-,31+,32+,35-/m0/s1/i21D/t21-,29+,31-,32-,35+/m1. The fourth-order valence-corrected chi connectivity index (χ4v) is 7.01. The third-order valence-corrected chi connectivity index (χ3v) is 8.83. The normalized spacial score (nSPS) is 29.2. The Kier molecular flexibility index (Phi) is 7.48. The summed E-state index contributed by atoms with van der Waals surface area (Å²) in [5, 5.41) is 8.55. The minimum Gasteiger partial charge on any atom is -0.350 e. The van der Waals surface area contributed by atoms with Crippen molar-refractivity contribution in [1.29, 1.82) is 0 Å². The first kappa shape index (κ1) is 28.9. The summed E-state index contributed by atoms with van der Waals surface area (Å²) in [5.41, 5.74) is 1.27. The monoisotopic (exact) mass is 620 g/mol. The van der Waals surface area contributed by atoms with Crippen molar-refractivity contribution in [2.75, 3.05) is 6.61 Å². The Morgan fingerprint density at radius 3 is 2.16 bits per heavy atom. The summed E-state index contributed by atoms with van der Waals surface area (Å²) in [6, 6.07) is 21.1. The number of fused-ring (bicyclic) bond motifs is 1. The zero-order valence-corrected chi connectivity index (χ0v) is 25.2. The maximum atomic E-state index is 14.2. The van der Waals surface area contributed by atoms with E-state index < -0.39 is 59.3 Å². The van der Waals surface area contributed by atoms with E-state index in [0.29, 0.717) is 25.9 Å². The lowest BCUT2D eigenvalue weighted by Crippen LogP contribution is -2.71. The maximum Gasteiger partial charge on any atom is 0.194 e. The van der Waals surface area contributed by atoms with Crippen LogP contribution in [0.15, 0.2) is 79.0 Å². The van der Waals surface area contributed by atoms with Crippen molar-refractivity contribution in [3.63, 3.8) is 0 Å². The minimum atomic E-state index is -1.56. The molecule has 0 saturated carbocycles. The van der Waals surface area contributed by atoms with Crippen molar-refractivity contribution >= 4 is 0 Å². The summed E-state index contributed by atoms with van der Waals surface area (Å²) in [5.74, 6) is -6.61. The third kappa shape index (κ3) is 5.92. The zero-order valence-electron chi connectivity index (χ0n) is 26.2. The van der Waals surface area contributed by atoms with Crippen molar-refractivity contribution in [3.05, 3.63) is 108 Å². The first-order chi connectivity index (χ1) is 22.1. The van der Waals surface area contributed by atoms with Gasteiger partial charge in [-0.15, -0.1) is 5.10 Å². The fraction of sp³-hybridized carbons (Fsp3) is 0.429. The summed E-state index contributed by atoms with van der Waals surface area (Å²) < 4.78 is 80.2. The Bertz CT molecular complexity index is 1620. The van der Waals surface area contributed by atoms with Crippen molar-refractivity contribution in [1.82, 2.24) is 15.0 Å². The van der Waals surface area contributed by atoms with Gasteiger partial charge in [-0.05, 0) is 49.9 Å². The topological polar surface area (TPSA) is 67.6 Å². The van der Waals surface area contributed by atoms with E-state index in [2.05, 4.69) is 34.6 Å². The summed E-state index contributed by atoms with van der Waals surface area (Å²) in [4.78, 5) is 0. The number of nitrogens with zero attached hydrogens (tertiary/aromatic N) is 3. The molecule has 1 aromatic heterocycles. The van der Waals surface area contributed by atoms with Crippen LogP contribution in [0.1, 0.15) is 58.0 Å². The van der Waals surface area contributed by atoms with E-state index in [-0.39, 0.29) is 11.3 Å². The molecule has 3 aliphatic rings. The lowest BCUT2D eigenvalue weighted by molar-refractivity contribution is -0.432. The van der Waals surface area contributed by atoms with Crippen LogP contribution in [0.5, 0.6) is 0 Å². The van der Waals surface area contributed by atoms with Crippen LogP contribution in [0.4, 0.5) is 13.2 Å². The van der Waals surface area contributed by atoms with E-state index in [1.54, 1.807) is 0 Å². The van der Waals surface area contributed by atoms with Crippen LogP contribution in [0.2, 0.25) is 0 Å². The van der Waals surface area contributed by atoms with Crippen LogP contribution in [0.25, 0.3) is 11.3 Å². The molecule has 3 saturated heterocycles. The largest absolute Gasteiger partial charge is 0.350 e. The summed E-state index contributed by atoms with van der Waals surface area (Å²) in [6.07, 6.45) is 2.11. The SMILES string of the molecule is [2H][C@@H]1[C@H](n2cc(-c3cc(F)c(F)c(F)c3)nn2)[C@H]2OC(C)(C)OC(Cc3ccccc3)(Cc3ccccc3)[C@@H]2O[C@@]12CCCCO2. The van der Waals surface area contributed by atoms with Gasteiger partial charge in [-0.25, -0.2) is 17.9 Å². The zero-order chi connectivity index (χ0) is 32.1. The molecule has 0 unspecified atom stereocenters. The Morgan fingerprint density at radius 1 is 0.911 bits per heavy atom. The molecule has 7 nitrogen and oxygen atoms in total. The molecule has 5 atom stereocenters. The van der Waals surface area contributed by atoms with Crippen molar-refractivity contribution < 1.29 is 33.5 Å². The second kappa shape index (κ2) is 11.7. The van der Waals surface area contributed by atoms with E-state index in [1.165, 1.54) is 10.9 Å². The molecule has 3 aromatic carbocycles. The molecule has 4 heterocycles. The van der Waals surface area contributed by atoms with Crippen LogP contribution < -0.4 is 0 Å². The van der Waals surface area contributed by atoms with Crippen LogP contribution in [0.3, 0.4) is 0 Å². The van der Waals surface area contributed by atoms with Gasteiger partial charge in [0.2, 0.25) is 0 Å². The van der Waals surface area contributed by atoms with Gasteiger partial charge >= 0.3 is 0 Å². The molecule has 0 bridgehead atoms. The lowest BCUT2D eigenvalue weighted by atomic mass is 9.75. The summed E-state index contributed by atoms with van der Waals surface area (Å²) in [6.45, 7) is 4.12. The van der Waals surface area contributed by atoms with Crippen LogP contribution in [-0.2, 0) is 31.8 Å². The highest BCUT2D eigenvalue weighted by atomic mass is 19.2. The molecular weight excluding hydrogens is 583 g/mol. The molecule has 4 aromatic rings. The number of aromatic nitrogens is 3. The van der Waals surface area contributed by atoms with Crippen molar-refractivity contribution in [3.8, 4) is 11.3 Å². The number of hydrogen-bond donors (Lipinski definition) is 0. The molecule has 236 valence electrons. The number of ether oxygens (including phenoxy) is 4. The predicted molar refractivity (Wildman–Crippen MR) is 159 cm³/mol. The average Bonchev–Trinajstić information content (AvgIpc) is 3.52. The second-order valence-electron chi connectivity index (χ2n) is 12.6. The van der Waals surface area contributed by atoms with Gasteiger partial charge < -0.3 is 18.9 Å². The molecule has 1 spiro atoms. The van der Waals surface area contributed by atoms with Crippen LogP contribution >= 0.6 is 0 Å². The molecule has 0 N–H and O–H groups in total. The van der Waals surface area contributed by atoms with E-state index in [9.17, 15) is 14.5 Å². The minimum absolute atomic E-state index is 0.0205. The van der Waals surface area contributed by atoms with E-state index in [1.807, 2.05) is 50.2 Å². The molecule has 0 amide bonds. The highest BCUT2D eigenvalue weighted by Gasteiger charge is 2.62. The Hall–Kier alpha value is -3.57. The van der Waals surface area contributed by atoms with Gasteiger partial charge in [0.05, 0.1) is 18.8 Å². The quantitative estimate of drug-likeness (QED) is 0.217. The summed E-state index contributed by atoms with van der Waals surface area (Å²) in [7, 11) is 0. The lowest BCUT2D eigenvalue weighted by Gasteiger charge is -2.60. The number of rotatable bonds is 6. The summed E-state index contributed by atoms with van der Waals surface area (Å²) >= 11 is 0.